The minimum absolute atomic E-state index is 0.359. The van der Waals surface area contributed by atoms with E-state index in [0.717, 1.165) is 31.7 Å². The molecule has 3 heteroatoms. The van der Waals surface area contributed by atoms with Crippen molar-refractivity contribution in [3.8, 4) is 5.75 Å². The predicted octanol–water partition coefficient (Wildman–Crippen LogP) is 3.00. The molecule has 1 rings (SSSR count). The standard InChI is InChI=1S/C16H28N2O/c1-6-10-17-15(9-11-18(3)4)14-12-13(2)7-8-16(14)19-5/h7-8,12,15,17H,6,9-11H2,1-5H3. The summed E-state index contributed by atoms with van der Waals surface area (Å²) < 4.78 is 5.51. The van der Waals surface area contributed by atoms with Crippen LogP contribution in [0.2, 0.25) is 0 Å². The second-order valence-corrected chi connectivity index (χ2v) is 5.34. The number of aryl methyl sites for hydroxylation is 1. The van der Waals surface area contributed by atoms with Gasteiger partial charge in [0.2, 0.25) is 0 Å². The highest BCUT2D eigenvalue weighted by molar-refractivity contribution is 5.39. The van der Waals surface area contributed by atoms with E-state index in [-0.39, 0.29) is 0 Å². The van der Waals surface area contributed by atoms with Crippen molar-refractivity contribution in [3.05, 3.63) is 29.3 Å². The summed E-state index contributed by atoms with van der Waals surface area (Å²) in [7, 11) is 5.98. The van der Waals surface area contributed by atoms with Crippen molar-refractivity contribution in [2.45, 2.75) is 32.7 Å². The zero-order chi connectivity index (χ0) is 14.3. The fraction of sp³-hybridized carbons (Fsp3) is 0.625. The lowest BCUT2D eigenvalue weighted by molar-refractivity contribution is 0.350. The van der Waals surface area contributed by atoms with Crippen molar-refractivity contribution < 1.29 is 4.74 Å². The minimum atomic E-state index is 0.359. The Hall–Kier alpha value is -1.06. The Bertz CT molecular complexity index is 377. The van der Waals surface area contributed by atoms with Gasteiger partial charge in [0.15, 0.2) is 0 Å². The smallest absolute Gasteiger partial charge is 0.123 e. The van der Waals surface area contributed by atoms with Gasteiger partial charge in [0.25, 0.3) is 0 Å². The van der Waals surface area contributed by atoms with E-state index in [1.165, 1.54) is 11.1 Å². The van der Waals surface area contributed by atoms with E-state index in [1.54, 1.807) is 7.11 Å². The van der Waals surface area contributed by atoms with E-state index in [0.29, 0.717) is 6.04 Å². The molecule has 19 heavy (non-hydrogen) atoms. The molecular formula is C16H28N2O. The highest BCUT2D eigenvalue weighted by Gasteiger charge is 2.15. The zero-order valence-corrected chi connectivity index (χ0v) is 13.0. The molecule has 0 amide bonds. The van der Waals surface area contributed by atoms with Crippen LogP contribution in [-0.4, -0.2) is 39.2 Å². The second kappa shape index (κ2) is 8.18. The molecule has 0 aliphatic carbocycles. The first-order valence-corrected chi connectivity index (χ1v) is 7.11. The largest absolute Gasteiger partial charge is 0.496 e. The lowest BCUT2D eigenvalue weighted by atomic mass is 10.00. The highest BCUT2D eigenvalue weighted by Crippen LogP contribution is 2.28. The van der Waals surface area contributed by atoms with E-state index in [9.17, 15) is 0 Å². The number of benzene rings is 1. The number of hydrogen-bond donors (Lipinski definition) is 1. The Labute approximate surface area is 118 Å². The van der Waals surface area contributed by atoms with Gasteiger partial charge >= 0.3 is 0 Å². The van der Waals surface area contributed by atoms with Gasteiger partial charge in [-0.15, -0.1) is 0 Å². The predicted molar refractivity (Wildman–Crippen MR) is 81.9 cm³/mol. The molecule has 1 atom stereocenters. The summed E-state index contributed by atoms with van der Waals surface area (Å²) >= 11 is 0. The van der Waals surface area contributed by atoms with Gasteiger partial charge in [-0.25, -0.2) is 0 Å². The van der Waals surface area contributed by atoms with Crippen LogP contribution in [0.15, 0.2) is 18.2 Å². The molecule has 1 unspecified atom stereocenters. The third-order valence-electron chi connectivity index (χ3n) is 3.27. The molecule has 0 saturated carbocycles. The monoisotopic (exact) mass is 264 g/mol. The first kappa shape index (κ1) is 16.0. The Balaban J connectivity index is 2.90. The molecule has 0 spiro atoms. The summed E-state index contributed by atoms with van der Waals surface area (Å²) in [5, 5.41) is 3.64. The van der Waals surface area contributed by atoms with Gasteiger partial charge < -0.3 is 15.0 Å². The molecule has 0 bridgehead atoms. The molecule has 1 aromatic carbocycles. The molecule has 0 aromatic heterocycles. The van der Waals surface area contributed by atoms with E-state index in [4.69, 9.17) is 4.74 Å². The van der Waals surface area contributed by atoms with Crippen LogP contribution in [0.25, 0.3) is 0 Å². The van der Waals surface area contributed by atoms with Gasteiger partial charge in [-0.2, -0.15) is 0 Å². The maximum atomic E-state index is 5.51. The highest BCUT2D eigenvalue weighted by atomic mass is 16.5. The fourth-order valence-corrected chi connectivity index (χ4v) is 2.20. The van der Waals surface area contributed by atoms with Crippen LogP contribution >= 0.6 is 0 Å². The summed E-state index contributed by atoms with van der Waals surface area (Å²) in [6.07, 6.45) is 2.24. The molecule has 1 N–H and O–H groups in total. The fourth-order valence-electron chi connectivity index (χ4n) is 2.20. The number of rotatable bonds is 8. The van der Waals surface area contributed by atoms with E-state index in [2.05, 4.69) is 56.4 Å². The SMILES string of the molecule is CCCNC(CCN(C)C)c1cc(C)ccc1OC. The zero-order valence-electron chi connectivity index (χ0n) is 13.0. The minimum Gasteiger partial charge on any atom is -0.496 e. The molecule has 0 heterocycles. The van der Waals surface area contributed by atoms with Crippen LogP contribution in [0.4, 0.5) is 0 Å². The third kappa shape index (κ3) is 5.21. The third-order valence-corrected chi connectivity index (χ3v) is 3.27. The second-order valence-electron chi connectivity index (χ2n) is 5.34. The molecule has 0 aliphatic heterocycles. The van der Waals surface area contributed by atoms with Crippen molar-refractivity contribution in [1.82, 2.24) is 10.2 Å². The number of methoxy groups -OCH3 is 1. The van der Waals surface area contributed by atoms with Gasteiger partial charge in [-0.1, -0.05) is 24.6 Å². The van der Waals surface area contributed by atoms with Gasteiger partial charge in [0, 0.05) is 11.6 Å². The van der Waals surface area contributed by atoms with Crippen molar-refractivity contribution >= 4 is 0 Å². The average molecular weight is 264 g/mol. The maximum Gasteiger partial charge on any atom is 0.123 e. The maximum absolute atomic E-state index is 5.51. The summed E-state index contributed by atoms with van der Waals surface area (Å²) in [5.41, 5.74) is 2.56. The van der Waals surface area contributed by atoms with Crippen molar-refractivity contribution in [1.29, 1.82) is 0 Å². The molecule has 0 radical (unpaired) electrons. The Morgan fingerprint density at radius 2 is 2.05 bits per heavy atom. The molecule has 0 fully saturated rings. The van der Waals surface area contributed by atoms with Crippen LogP contribution in [0.1, 0.15) is 36.9 Å². The summed E-state index contributed by atoms with van der Waals surface area (Å²) in [6.45, 7) is 6.43. The summed E-state index contributed by atoms with van der Waals surface area (Å²) in [5.74, 6) is 0.984. The van der Waals surface area contributed by atoms with E-state index >= 15 is 0 Å². The molecular weight excluding hydrogens is 236 g/mol. The van der Waals surface area contributed by atoms with Gasteiger partial charge in [0.05, 0.1) is 7.11 Å². The van der Waals surface area contributed by atoms with Crippen LogP contribution in [-0.2, 0) is 0 Å². The molecule has 3 nitrogen and oxygen atoms in total. The van der Waals surface area contributed by atoms with Gasteiger partial charge in [-0.3, -0.25) is 0 Å². The summed E-state index contributed by atoms with van der Waals surface area (Å²) in [6, 6.07) is 6.77. The Kier molecular flexibility index (Phi) is 6.89. The average Bonchev–Trinajstić information content (AvgIpc) is 2.38. The lowest BCUT2D eigenvalue weighted by Gasteiger charge is -2.23. The first-order valence-electron chi connectivity index (χ1n) is 7.11. The Morgan fingerprint density at radius 1 is 1.32 bits per heavy atom. The Morgan fingerprint density at radius 3 is 2.63 bits per heavy atom. The van der Waals surface area contributed by atoms with Gasteiger partial charge in [0.1, 0.15) is 5.75 Å². The number of hydrogen-bond acceptors (Lipinski definition) is 3. The topological polar surface area (TPSA) is 24.5 Å². The first-order chi connectivity index (χ1) is 9.08. The van der Waals surface area contributed by atoms with Crippen LogP contribution < -0.4 is 10.1 Å². The van der Waals surface area contributed by atoms with Crippen molar-refractivity contribution in [2.75, 3.05) is 34.3 Å². The van der Waals surface area contributed by atoms with Crippen molar-refractivity contribution in [3.63, 3.8) is 0 Å². The molecule has 1 aromatic rings. The molecule has 108 valence electrons. The quantitative estimate of drug-likeness (QED) is 0.781. The van der Waals surface area contributed by atoms with Crippen LogP contribution in [0.3, 0.4) is 0 Å². The van der Waals surface area contributed by atoms with Crippen LogP contribution in [0, 0.1) is 6.92 Å². The molecule has 0 aliphatic rings. The number of nitrogens with one attached hydrogen (secondary N) is 1. The van der Waals surface area contributed by atoms with E-state index < -0.39 is 0 Å². The number of ether oxygens (including phenoxy) is 1. The summed E-state index contributed by atoms with van der Waals surface area (Å²) in [4.78, 5) is 2.23. The normalized spacial score (nSPS) is 12.7. The van der Waals surface area contributed by atoms with E-state index in [1.807, 2.05) is 0 Å². The van der Waals surface area contributed by atoms with Crippen LogP contribution in [0.5, 0.6) is 5.75 Å². The molecule has 0 saturated heterocycles. The van der Waals surface area contributed by atoms with Gasteiger partial charge in [-0.05, 0) is 53.0 Å². The van der Waals surface area contributed by atoms with Crippen molar-refractivity contribution in [2.24, 2.45) is 0 Å². The number of nitrogens with zero attached hydrogens (tertiary/aromatic N) is 1. The lowest BCUT2D eigenvalue weighted by Crippen LogP contribution is -2.26.